The van der Waals surface area contributed by atoms with Crippen LogP contribution >= 0.6 is 11.6 Å². The molecule has 1 amide bonds. The fourth-order valence-corrected chi connectivity index (χ4v) is 3.28. The summed E-state index contributed by atoms with van der Waals surface area (Å²) in [7, 11) is 0. The average Bonchev–Trinajstić information content (AvgIpc) is 2.96. The summed E-state index contributed by atoms with van der Waals surface area (Å²) < 4.78 is 11.3. The fourth-order valence-electron chi connectivity index (χ4n) is 3.00. The molecule has 1 heterocycles. The van der Waals surface area contributed by atoms with Crippen molar-refractivity contribution >= 4 is 35.0 Å². The highest BCUT2D eigenvalue weighted by Gasteiger charge is 2.29. The van der Waals surface area contributed by atoms with Crippen molar-refractivity contribution in [1.82, 2.24) is 0 Å². The Morgan fingerprint density at radius 2 is 2.00 bits per heavy atom. The van der Waals surface area contributed by atoms with Gasteiger partial charge < -0.3 is 9.47 Å². The van der Waals surface area contributed by atoms with Crippen LogP contribution in [0.15, 0.2) is 59.7 Å². The molecule has 150 valence electrons. The number of rotatable bonds is 7. The Labute approximate surface area is 175 Å². The van der Waals surface area contributed by atoms with E-state index < -0.39 is 0 Å². The van der Waals surface area contributed by atoms with Gasteiger partial charge in [0.05, 0.1) is 28.6 Å². The third kappa shape index (κ3) is 4.51. The van der Waals surface area contributed by atoms with Crippen LogP contribution in [0.3, 0.4) is 0 Å². The molecule has 6 heteroatoms. The summed E-state index contributed by atoms with van der Waals surface area (Å²) in [5, 5.41) is 6.25. The quantitative estimate of drug-likeness (QED) is 0.452. The van der Waals surface area contributed by atoms with Crippen molar-refractivity contribution in [1.29, 1.82) is 0 Å². The van der Waals surface area contributed by atoms with Gasteiger partial charge in [0, 0.05) is 0 Å². The molecule has 0 saturated heterocycles. The highest BCUT2D eigenvalue weighted by atomic mass is 35.5. The number of carbonyl (C=O) groups is 1. The van der Waals surface area contributed by atoms with Gasteiger partial charge in [0.2, 0.25) is 0 Å². The second-order valence-electron chi connectivity index (χ2n) is 6.56. The number of halogens is 1. The Balaban J connectivity index is 1.96. The molecule has 0 spiro atoms. The lowest BCUT2D eigenvalue weighted by atomic mass is 10.1. The van der Waals surface area contributed by atoms with Gasteiger partial charge >= 0.3 is 0 Å². The van der Waals surface area contributed by atoms with E-state index in [1.165, 1.54) is 5.01 Å². The molecule has 2 aromatic carbocycles. The molecule has 1 aliphatic heterocycles. The van der Waals surface area contributed by atoms with Gasteiger partial charge in [0.15, 0.2) is 11.5 Å². The summed E-state index contributed by atoms with van der Waals surface area (Å²) in [6.07, 6.45) is 3.40. The van der Waals surface area contributed by atoms with Crippen molar-refractivity contribution in [3.05, 3.63) is 70.8 Å². The normalized spacial score (nSPS) is 14.9. The minimum absolute atomic E-state index is 0.186. The summed E-state index contributed by atoms with van der Waals surface area (Å²) >= 11 is 6.41. The standard InChI is InChI=1S/C23H23ClN2O3/c1-5-10-29-22-20(24)13-17(14-21(22)28-6-2)12-19-16(4)25-26(23(19)27)18-9-7-8-15(3)11-18/h5,7-9,11-14H,1,6,10H2,2-4H3. The number of aryl methyl sites for hydroxylation is 1. The molecule has 1 aliphatic rings. The number of benzene rings is 2. The number of anilines is 1. The molecule has 0 bridgehead atoms. The van der Waals surface area contributed by atoms with E-state index in [0.29, 0.717) is 41.0 Å². The third-order valence-electron chi connectivity index (χ3n) is 4.30. The lowest BCUT2D eigenvalue weighted by Crippen LogP contribution is -2.21. The van der Waals surface area contributed by atoms with Gasteiger partial charge in [-0.1, -0.05) is 36.4 Å². The van der Waals surface area contributed by atoms with Crippen LogP contribution in [-0.4, -0.2) is 24.8 Å². The van der Waals surface area contributed by atoms with Crippen molar-refractivity contribution in [3.63, 3.8) is 0 Å². The largest absolute Gasteiger partial charge is 0.490 e. The van der Waals surface area contributed by atoms with E-state index in [4.69, 9.17) is 21.1 Å². The zero-order valence-electron chi connectivity index (χ0n) is 16.7. The van der Waals surface area contributed by atoms with Crippen LogP contribution in [0, 0.1) is 6.92 Å². The van der Waals surface area contributed by atoms with Crippen LogP contribution in [0.5, 0.6) is 11.5 Å². The maximum absolute atomic E-state index is 13.0. The molecule has 0 unspecified atom stereocenters. The van der Waals surface area contributed by atoms with E-state index in [2.05, 4.69) is 11.7 Å². The van der Waals surface area contributed by atoms with E-state index in [1.54, 1.807) is 24.3 Å². The minimum atomic E-state index is -0.186. The lowest BCUT2D eigenvalue weighted by molar-refractivity contribution is -0.114. The van der Waals surface area contributed by atoms with E-state index in [9.17, 15) is 4.79 Å². The highest BCUT2D eigenvalue weighted by molar-refractivity contribution is 6.33. The van der Waals surface area contributed by atoms with Gasteiger partial charge in [-0.05, 0) is 62.2 Å². The molecule has 29 heavy (non-hydrogen) atoms. The molecule has 0 N–H and O–H groups in total. The Kier molecular flexibility index (Phi) is 6.39. The fraction of sp³-hybridized carbons (Fsp3) is 0.217. The van der Waals surface area contributed by atoms with Crippen LogP contribution in [0.4, 0.5) is 5.69 Å². The molecule has 0 radical (unpaired) electrons. The maximum atomic E-state index is 13.0. The molecule has 0 atom stereocenters. The van der Waals surface area contributed by atoms with Crippen molar-refractivity contribution in [2.45, 2.75) is 20.8 Å². The highest BCUT2D eigenvalue weighted by Crippen LogP contribution is 2.38. The molecule has 0 saturated carbocycles. The molecular formula is C23H23ClN2O3. The monoisotopic (exact) mass is 410 g/mol. The SMILES string of the molecule is C=CCOc1c(Cl)cc(C=C2C(=O)N(c3cccc(C)c3)N=C2C)cc1OCC. The molecule has 0 aromatic heterocycles. The van der Waals surface area contributed by atoms with E-state index in [1.807, 2.05) is 45.0 Å². The zero-order chi connectivity index (χ0) is 21.0. The summed E-state index contributed by atoms with van der Waals surface area (Å²) in [6.45, 7) is 10.1. The van der Waals surface area contributed by atoms with Crippen molar-refractivity contribution in [2.24, 2.45) is 5.10 Å². The summed E-state index contributed by atoms with van der Waals surface area (Å²) in [4.78, 5) is 13.0. The molecule has 5 nitrogen and oxygen atoms in total. The van der Waals surface area contributed by atoms with Gasteiger partial charge in [0.25, 0.3) is 5.91 Å². The Morgan fingerprint density at radius 1 is 1.21 bits per heavy atom. The Morgan fingerprint density at radius 3 is 2.69 bits per heavy atom. The lowest BCUT2D eigenvalue weighted by Gasteiger charge is -2.14. The predicted octanol–water partition coefficient (Wildman–Crippen LogP) is 5.42. The average molecular weight is 411 g/mol. The van der Waals surface area contributed by atoms with E-state index in [0.717, 1.165) is 16.8 Å². The number of ether oxygens (including phenoxy) is 2. The van der Waals surface area contributed by atoms with Crippen LogP contribution in [-0.2, 0) is 4.79 Å². The Hall–Kier alpha value is -3.05. The zero-order valence-corrected chi connectivity index (χ0v) is 17.5. The number of nitrogens with zero attached hydrogens (tertiary/aromatic N) is 2. The molecule has 3 rings (SSSR count). The van der Waals surface area contributed by atoms with Crippen molar-refractivity contribution in [3.8, 4) is 11.5 Å². The van der Waals surface area contributed by atoms with Crippen LogP contribution in [0.1, 0.15) is 25.0 Å². The topological polar surface area (TPSA) is 51.1 Å². The first kappa shape index (κ1) is 20.7. The minimum Gasteiger partial charge on any atom is -0.490 e. The molecule has 0 fully saturated rings. The van der Waals surface area contributed by atoms with Gasteiger partial charge in [-0.3, -0.25) is 4.79 Å². The second-order valence-corrected chi connectivity index (χ2v) is 6.97. The summed E-state index contributed by atoms with van der Waals surface area (Å²) in [6, 6.07) is 11.2. The van der Waals surface area contributed by atoms with Gasteiger partial charge in [-0.2, -0.15) is 10.1 Å². The first-order valence-electron chi connectivity index (χ1n) is 9.33. The maximum Gasteiger partial charge on any atom is 0.280 e. The third-order valence-corrected chi connectivity index (χ3v) is 4.58. The number of hydrogen-bond donors (Lipinski definition) is 0. The number of hydrogen-bond acceptors (Lipinski definition) is 4. The molecule has 2 aromatic rings. The predicted molar refractivity (Wildman–Crippen MR) is 118 cm³/mol. The van der Waals surface area contributed by atoms with Gasteiger partial charge in [-0.15, -0.1) is 0 Å². The first-order chi connectivity index (χ1) is 13.9. The van der Waals surface area contributed by atoms with E-state index in [-0.39, 0.29) is 5.91 Å². The second kappa shape index (κ2) is 8.97. The number of amides is 1. The van der Waals surface area contributed by atoms with Crippen LogP contribution < -0.4 is 14.5 Å². The van der Waals surface area contributed by atoms with Gasteiger partial charge in [0.1, 0.15) is 6.61 Å². The van der Waals surface area contributed by atoms with Crippen molar-refractivity contribution < 1.29 is 14.3 Å². The Bertz CT molecular complexity index is 1010. The summed E-state index contributed by atoms with van der Waals surface area (Å²) in [5.74, 6) is 0.790. The van der Waals surface area contributed by atoms with Crippen LogP contribution in [0.2, 0.25) is 5.02 Å². The smallest absolute Gasteiger partial charge is 0.280 e. The first-order valence-corrected chi connectivity index (χ1v) is 9.70. The summed E-state index contributed by atoms with van der Waals surface area (Å²) in [5.41, 5.74) is 3.67. The van der Waals surface area contributed by atoms with Crippen molar-refractivity contribution in [2.75, 3.05) is 18.2 Å². The molecule has 0 aliphatic carbocycles. The molecular weight excluding hydrogens is 388 g/mol. The van der Waals surface area contributed by atoms with Gasteiger partial charge in [-0.25, -0.2) is 0 Å². The number of carbonyl (C=O) groups excluding carboxylic acids is 1. The number of hydrazone groups is 1. The van der Waals surface area contributed by atoms with Crippen LogP contribution in [0.25, 0.3) is 6.08 Å². The van der Waals surface area contributed by atoms with E-state index >= 15 is 0 Å².